The lowest BCUT2D eigenvalue weighted by Gasteiger charge is -2.37. The minimum Gasteiger partial charge on any atom is -0.459 e. The van der Waals surface area contributed by atoms with Crippen LogP contribution in [0.15, 0.2) is 30.5 Å². The van der Waals surface area contributed by atoms with Gasteiger partial charge >= 0.3 is 5.97 Å². The number of hydrogen-bond donors (Lipinski definition) is 1. The Bertz CT molecular complexity index is 737. The lowest BCUT2D eigenvalue weighted by atomic mass is 9.99. The molecule has 1 aromatic carbocycles. The summed E-state index contributed by atoms with van der Waals surface area (Å²) < 4.78 is 11.5. The first-order valence-electron chi connectivity index (χ1n) is 7.87. The van der Waals surface area contributed by atoms with E-state index < -0.39 is 0 Å². The SMILES string of the molecule is CN1[C@@H]2CC(OC(=O)c3c[nH]c4ccccc34)C[C@H]1[C@H]1O[C@H]12. The van der Waals surface area contributed by atoms with Crippen LogP contribution in [0, 0.1) is 0 Å². The molecule has 3 saturated heterocycles. The van der Waals surface area contributed by atoms with Crippen molar-refractivity contribution < 1.29 is 14.3 Å². The highest BCUT2D eigenvalue weighted by atomic mass is 16.6. The molecule has 4 heterocycles. The average molecular weight is 298 g/mol. The molecule has 0 amide bonds. The van der Waals surface area contributed by atoms with Crippen molar-refractivity contribution in [3.8, 4) is 0 Å². The van der Waals surface area contributed by atoms with Crippen LogP contribution < -0.4 is 0 Å². The first-order chi connectivity index (χ1) is 10.7. The largest absolute Gasteiger partial charge is 0.459 e. The van der Waals surface area contributed by atoms with E-state index in [1.54, 1.807) is 6.20 Å². The number of morpholine rings is 1. The highest BCUT2D eigenvalue weighted by molar-refractivity contribution is 6.04. The summed E-state index contributed by atoms with van der Waals surface area (Å²) in [6, 6.07) is 8.62. The van der Waals surface area contributed by atoms with Gasteiger partial charge in [0.15, 0.2) is 0 Å². The van der Waals surface area contributed by atoms with Crippen LogP contribution in [-0.2, 0) is 9.47 Å². The van der Waals surface area contributed by atoms with E-state index in [1.807, 2.05) is 24.3 Å². The van der Waals surface area contributed by atoms with Crippen LogP contribution in [0.2, 0.25) is 0 Å². The number of hydrogen-bond acceptors (Lipinski definition) is 4. The maximum Gasteiger partial charge on any atom is 0.340 e. The van der Waals surface area contributed by atoms with Gasteiger partial charge in [-0.3, -0.25) is 4.90 Å². The summed E-state index contributed by atoms with van der Waals surface area (Å²) in [7, 11) is 2.16. The Morgan fingerprint density at radius 1 is 1.27 bits per heavy atom. The van der Waals surface area contributed by atoms with Gasteiger partial charge in [0.1, 0.15) is 18.3 Å². The van der Waals surface area contributed by atoms with E-state index >= 15 is 0 Å². The van der Waals surface area contributed by atoms with Crippen molar-refractivity contribution in [2.75, 3.05) is 7.05 Å². The number of fused-ring (bicyclic) bond motifs is 6. The Hall–Kier alpha value is -1.85. The van der Waals surface area contributed by atoms with Gasteiger partial charge in [-0.1, -0.05) is 18.2 Å². The molecule has 2 bridgehead atoms. The fraction of sp³-hybridized carbons (Fsp3) is 0.471. The van der Waals surface area contributed by atoms with Gasteiger partial charge in [-0.15, -0.1) is 0 Å². The summed E-state index contributed by atoms with van der Waals surface area (Å²) in [6.07, 6.45) is 4.24. The van der Waals surface area contributed by atoms with Crippen LogP contribution in [-0.4, -0.2) is 53.3 Å². The Morgan fingerprint density at radius 3 is 2.77 bits per heavy atom. The third-order valence-corrected chi connectivity index (χ3v) is 5.46. The van der Waals surface area contributed by atoms with Gasteiger partial charge in [0, 0.05) is 42.0 Å². The molecule has 22 heavy (non-hydrogen) atoms. The number of para-hydroxylation sites is 1. The molecule has 3 aliphatic rings. The van der Waals surface area contributed by atoms with E-state index in [4.69, 9.17) is 9.47 Å². The van der Waals surface area contributed by atoms with E-state index in [2.05, 4.69) is 16.9 Å². The number of rotatable bonds is 2. The van der Waals surface area contributed by atoms with E-state index in [9.17, 15) is 4.79 Å². The lowest BCUT2D eigenvalue weighted by Crippen LogP contribution is -2.47. The zero-order chi connectivity index (χ0) is 14.8. The van der Waals surface area contributed by atoms with E-state index in [0.717, 1.165) is 23.7 Å². The molecule has 3 fully saturated rings. The molecular weight excluding hydrogens is 280 g/mol. The van der Waals surface area contributed by atoms with Crippen molar-refractivity contribution in [1.82, 2.24) is 9.88 Å². The molecule has 1 N–H and O–H groups in total. The van der Waals surface area contributed by atoms with Crippen LogP contribution in [0.25, 0.3) is 10.9 Å². The van der Waals surface area contributed by atoms with Gasteiger partial charge in [0.25, 0.3) is 0 Å². The molecule has 0 spiro atoms. The van der Waals surface area contributed by atoms with Gasteiger partial charge in [0.05, 0.1) is 5.56 Å². The Balaban J connectivity index is 1.35. The van der Waals surface area contributed by atoms with Gasteiger partial charge in [0.2, 0.25) is 0 Å². The second kappa shape index (κ2) is 4.33. The van der Waals surface area contributed by atoms with Crippen LogP contribution >= 0.6 is 0 Å². The Kier molecular flexibility index (Phi) is 2.50. The molecular formula is C17H18N2O3. The molecule has 114 valence electrons. The van der Waals surface area contributed by atoms with Crippen LogP contribution in [0.3, 0.4) is 0 Å². The maximum atomic E-state index is 12.5. The molecule has 2 aromatic rings. The molecule has 5 rings (SSSR count). The average Bonchev–Trinajstić information content (AvgIpc) is 3.15. The fourth-order valence-electron chi connectivity index (χ4n) is 4.25. The number of esters is 1. The lowest BCUT2D eigenvalue weighted by molar-refractivity contribution is -0.0231. The number of H-pyrrole nitrogens is 1. The monoisotopic (exact) mass is 298 g/mol. The van der Waals surface area contributed by atoms with E-state index in [1.165, 1.54) is 0 Å². The minimum absolute atomic E-state index is 0.00348. The standard InChI is InChI=1S/C17H18N2O3/c1-19-13-6-9(7-14(19)16-15(13)22-16)21-17(20)11-8-18-12-5-3-2-4-10(11)12/h2-5,8-9,13-16,18H,6-7H2,1H3/t9?,13-,14+,15+,16-. The summed E-state index contributed by atoms with van der Waals surface area (Å²) in [5.41, 5.74) is 1.59. The van der Waals surface area contributed by atoms with Crippen LogP contribution in [0.1, 0.15) is 23.2 Å². The predicted octanol–water partition coefficient (Wildman–Crippen LogP) is 1.94. The number of likely N-dealkylation sites (N-methyl/N-ethyl adjacent to an activating group) is 1. The highest BCUT2D eigenvalue weighted by Crippen LogP contribution is 2.48. The van der Waals surface area contributed by atoms with E-state index in [0.29, 0.717) is 29.9 Å². The quantitative estimate of drug-likeness (QED) is 0.680. The van der Waals surface area contributed by atoms with Crippen molar-refractivity contribution in [2.45, 2.75) is 43.2 Å². The number of aromatic nitrogens is 1. The summed E-state index contributed by atoms with van der Waals surface area (Å²) in [6.45, 7) is 0. The highest BCUT2D eigenvalue weighted by Gasteiger charge is 2.62. The summed E-state index contributed by atoms with van der Waals surface area (Å²) >= 11 is 0. The number of aromatic amines is 1. The summed E-state index contributed by atoms with van der Waals surface area (Å²) in [5.74, 6) is -0.221. The molecule has 0 radical (unpaired) electrons. The third-order valence-electron chi connectivity index (χ3n) is 5.46. The second-order valence-corrected chi connectivity index (χ2v) is 6.61. The predicted molar refractivity (Wildman–Crippen MR) is 80.7 cm³/mol. The van der Waals surface area contributed by atoms with Crippen LogP contribution in [0.5, 0.6) is 0 Å². The van der Waals surface area contributed by atoms with Crippen molar-refractivity contribution >= 4 is 16.9 Å². The van der Waals surface area contributed by atoms with Crippen molar-refractivity contribution in [1.29, 1.82) is 0 Å². The second-order valence-electron chi connectivity index (χ2n) is 6.61. The first kappa shape index (κ1) is 12.7. The van der Waals surface area contributed by atoms with Crippen molar-refractivity contribution in [3.63, 3.8) is 0 Å². The third kappa shape index (κ3) is 1.69. The number of epoxide rings is 1. The fourth-order valence-corrected chi connectivity index (χ4v) is 4.25. The van der Waals surface area contributed by atoms with Gasteiger partial charge in [-0.2, -0.15) is 0 Å². The molecule has 0 saturated carbocycles. The van der Waals surface area contributed by atoms with Gasteiger partial charge < -0.3 is 14.5 Å². The topological polar surface area (TPSA) is 57.9 Å². The Morgan fingerprint density at radius 2 is 2.00 bits per heavy atom. The molecule has 5 nitrogen and oxygen atoms in total. The zero-order valence-electron chi connectivity index (χ0n) is 12.4. The Labute approximate surface area is 128 Å². The number of carbonyl (C=O) groups excluding carboxylic acids is 1. The van der Waals surface area contributed by atoms with E-state index in [-0.39, 0.29) is 12.1 Å². The van der Waals surface area contributed by atoms with Crippen LogP contribution in [0.4, 0.5) is 0 Å². The summed E-state index contributed by atoms with van der Waals surface area (Å²) in [5, 5.41) is 0.926. The molecule has 0 aliphatic carbocycles. The minimum atomic E-state index is -0.221. The van der Waals surface area contributed by atoms with Gasteiger partial charge in [-0.25, -0.2) is 4.79 Å². The molecule has 1 aromatic heterocycles. The number of ether oxygens (including phenoxy) is 2. The maximum absolute atomic E-state index is 12.5. The van der Waals surface area contributed by atoms with Crippen molar-refractivity contribution in [2.24, 2.45) is 0 Å². The number of nitrogens with zero attached hydrogens (tertiary/aromatic N) is 1. The number of carbonyl (C=O) groups is 1. The molecule has 3 aliphatic heterocycles. The zero-order valence-corrected chi connectivity index (χ0v) is 12.4. The number of nitrogens with one attached hydrogen (secondary N) is 1. The normalized spacial score (nSPS) is 36.3. The molecule has 5 atom stereocenters. The molecule has 1 unspecified atom stereocenters. The van der Waals surface area contributed by atoms with Gasteiger partial charge in [-0.05, 0) is 13.1 Å². The number of piperidine rings is 1. The smallest absolute Gasteiger partial charge is 0.340 e. The number of benzene rings is 1. The van der Waals surface area contributed by atoms with Crippen molar-refractivity contribution in [3.05, 3.63) is 36.0 Å². The first-order valence-corrected chi connectivity index (χ1v) is 7.87. The molecule has 5 heteroatoms. The summed E-state index contributed by atoms with van der Waals surface area (Å²) in [4.78, 5) is 18.0.